The van der Waals surface area contributed by atoms with Crippen molar-refractivity contribution in [2.24, 2.45) is 5.92 Å². The SMILES string of the molecule is CC[C@@]1(O)C(=O)OCc2c1cc1n(c2=O)Cc2c-1nc1ccc(NC(=O)[C@H](C)NC(=O)[C@@H](NC(=O)CCCCCNC(=O)c3cc4sc(S(=O)(=O)C5CC5)nc4cc3F)C(C)C)c3c1c2CCO3. The number of nitrogens with zero attached hydrogens (tertiary/aromatic N) is 3. The van der Waals surface area contributed by atoms with Crippen LogP contribution in [0.25, 0.3) is 32.5 Å². The van der Waals surface area contributed by atoms with Gasteiger partial charge in [0, 0.05) is 42.0 Å². The third-order valence-corrected chi connectivity index (χ3v) is 16.8. The van der Waals surface area contributed by atoms with E-state index < -0.39 is 62.3 Å². The van der Waals surface area contributed by atoms with Gasteiger partial charge in [-0.15, -0.1) is 11.3 Å². The van der Waals surface area contributed by atoms with Crippen molar-refractivity contribution in [3.05, 3.63) is 74.3 Å². The Kier molecular flexibility index (Phi) is 12.4. The second-order valence-corrected chi connectivity index (χ2v) is 21.5. The molecular formula is C47H50FN7O11S2. The fraction of sp³-hybridized carbons (Fsp3) is 0.447. The van der Waals surface area contributed by atoms with Crippen molar-refractivity contribution >= 4 is 77.6 Å². The van der Waals surface area contributed by atoms with Gasteiger partial charge in [0.1, 0.15) is 24.5 Å². The maximum Gasteiger partial charge on any atom is 0.343 e. The van der Waals surface area contributed by atoms with Crippen LogP contribution < -0.4 is 31.6 Å². The number of anilines is 1. The van der Waals surface area contributed by atoms with Gasteiger partial charge in [0.25, 0.3) is 11.5 Å². The predicted octanol–water partition coefficient (Wildman–Crippen LogP) is 4.27. The van der Waals surface area contributed by atoms with E-state index in [-0.39, 0.29) is 83.1 Å². The number of aromatic nitrogens is 3. The number of pyridine rings is 2. The number of nitrogens with one attached hydrogen (secondary N) is 4. The Labute approximate surface area is 393 Å². The highest BCUT2D eigenvalue weighted by Crippen LogP contribution is 2.45. The maximum atomic E-state index is 14.8. The first-order valence-electron chi connectivity index (χ1n) is 22.7. The lowest BCUT2D eigenvalue weighted by Crippen LogP contribution is -2.53. The average molecular weight is 972 g/mol. The number of hydrogen-bond acceptors (Lipinski definition) is 14. The standard InChI is InChI=1S/C47H50FN7O11S2/c1-5-47(62)29-18-34-39-27(20-55(34)44(60)28(29)21-66-45(47)61)25-14-16-65-40-32(13-12-31(51-39)37(25)40)52-41(57)23(4)50-43(59)38(22(2)3)54-36(56)9-7-6-8-15-49-42(58)26-17-35-33(19-30(26)48)53-46(67-35)68(63,64)24-10-11-24/h12-13,17-19,22-24,38,62H,5-11,14-16,20-21H2,1-4H3,(H,49,58)(H,50,59)(H,52,57)(H,54,56)/t23-,38-,47-/m0/s1. The molecule has 358 valence electrons. The lowest BCUT2D eigenvalue weighted by Gasteiger charge is -2.31. The van der Waals surface area contributed by atoms with Gasteiger partial charge >= 0.3 is 5.97 Å². The summed E-state index contributed by atoms with van der Waals surface area (Å²) >= 11 is 0.918. The molecule has 5 N–H and O–H groups in total. The number of sulfone groups is 1. The third kappa shape index (κ3) is 8.37. The summed E-state index contributed by atoms with van der Waals surface area (Å²) in [5, 5.41) is 22.5. The number of fused-ring (bicyclic) bond motifs is 6. The summed E-state index contributed by atoms with van der Waals surface area (Å²) in [4.78, 5) is 88.3. The molecule has 0 spiro atoms. The minimum Gasteiger partial charge on any atom is -0.490 e. The van der Waals surface area contributed by atoms with Crippen molar-refractivity contribution in [3.63, 3.8) is 0 Å². The van der Waals surface area contributed by atoms with E-state index >= 15 is 0 Å². The van der Waals surface area contributed by atoms with Crippen LogP contribution in [0.1, 0.15) is 105 Å². The van der Waals surface area contributed by atoms with Gasteiger partial charge in [-0.05, 0) is 74.8 Å². The Hall–Kier alpha value is -6.32. The van der Waals surface area contributed by atoms with Gasteiger partial charge in [0.2, 0.25) is 31.9 Å². The van der Waals surface area contributed by atoms with Crippen molar-refractivity contribution in [2.45, 2.75) is 119 Å². The molecule has 4 amide bonds. The molecule has 4 aliphatic rings. The summed E-state index contributed by atoms with van der Waals surface area (Å²) < 4.78 is 53.3. The van der Waals surface area contributed by atoms with Crippen LogP contribution in [0.4, 0.5) is 10.1 Å². The molecule has 21 heteroatoms. The molecule has 0 bridgehead atoms. The number of thiazole rings is 1. The number of hydrogen-bond donors (Lipinski definition) is 5. The van der Waals surface area contributed by atoms with E-state index in [2.05, 4.69) is 26.3 Å². The van der Waals surface area contributed by atoms with Crippen LogP contribution in [-0.2, 0) is 58.9 Å². The molecule has 18 nitrogen and oxygen atoms in total. The second kappa shape index (κ2) is 18.0. The molecule has 6 heterocycles. The molecule has 1 fully saturated rings. The summed E-state index contributed by atoms with van der Waals surface area (Å²) in [5.74, 6) is -3.65. The first kappa shape index (κ1) is 46.8. The third-order valence-electron chi connectivity index (χ3n) is 13.1. The van der Waals surface area contributed by atoms with Crippen LogP contribution in [0.5, 0.6) is 5.75 Å². The van der Waals surface area contributed by atoms with Crippen molar-refractivity contribution in [3.8, 4) is 17.1 Å². The zero-order valence-corrected chi connectivity index (χ0v) is 39.4. The van der Waals surface area contributed by atoms with Crippen molar-refractivity contribution < 1.29 is 51.4 Å². The minimum atomic E-state index is -3.56. The number of cyclic esters (lactones) is 1. The number of amides is 4. The van der Waals surface area contributed by atoms with Gasteiger partial charge in [-0.2, -0.15) is 0 Å². The van der Waals surface area contributed by atoms with E-state index in [1.807, 2.05) is 0 Å². The monoisotopic (exact) mass is 971 g/mol. The first-order chi connectivity index (χ1) is 32.4. The zero-order valence-electron chi connectivity index (χ0n) is 37.7. The van der Waals surface area contributed by atoms with E-state index in [0.29, 0.717) is 77.0 Å². The van der Waals surface area contributed by atoms with Gasteiger partial charge in [-0.3, -0.25) is 24.0 Å². The highest BCUT2D eigenvalue weighted by atomic mass is 32.2. The van der Waals surface area contributed by atoms with Crippen LogP contribution in [0.15, 0.2) is 39.5 Å². The van der Waals surface area contributed by atoms with Crippen LogP contribution in [0, 0.1) is 11.7 Å². The van der Waals surface area contributed by atoms with Crippen LogP contribution in [-0.4, -0.2) is 88.1 Å². The van der Waals surface area contributed by atoms with Gasteiger partial charge in [-0.25, -0.2) is 27.6 Å². The molecule has 3 aromatic heterocycles. The van der Waals surface area contributed by atoms with Crippen molar-refractivity contribution in [2.75, 3.05) is 18.5 Å². The zero-order chi connectivity index (χ0) is 48.4. The summed E-state index contributed by atoms with van der Waals surface area (Å²) in [6.07, 6.45) is 3.23. The summed E-state index contributed by atoms with van der Waals surface area (Å²) in [7, 11) is -3.56. The van der Waals surface area contributed by atoms with Crippen LogP contribution in [0.3, 0.4) is 0 Å². The largest absolute Gasteiger partial charge is 0.490 e. The molecule has 1 aliphatic carbocycles. The number of carbonyl (C=O) groups is 5. The fourth-order valence-corrected chi connectivity index (χ4v) is 12.2. The van der Waals surface area contributed by atoms with E-state index in [1.54, 1.807) is 43.5 Å². The normalized spacial score (nSPS) is 18.0. The van der Waals surface area contributed by atoms with Gasteiger partial charge in [0.15, 0.2) is 11.4 Å². The molecule has 68 heavy (non-hydrogen) atoms. The number of benzene rings is 2. The van der Waals surface area contributed by atoms with Crippen LogP contribution >= 0.6 is 11.3 Å². The quantitative estimate of drug-likeness (QED) is 0.0672. The molecule has 0 radical (unpaired) electrons. The Morgan fingerprint density at radius 3 is 2.49 bits per heavy atom. The lowest BCUT2D eigenvalue weighted by molar-refractivity contribution is -0.172. The Morgan fingerprint density at radius 2 is 1.75 bits per heavy atom. The topological polar surface area (TPSA) is 254 Å². The Bertz CT molecular complexity index is 3150. The van der Waals surface area contributed by atoms with Crippen molar-refractivity contribution in [1.82, 2.24) is 30.5 Å². The molecule has 3 aliphatic heterocycles. The number of esters is 1. The smallest absolute Gasteiger partial charge is 0.343 e. The first-order valence-corrected chi connectivity index (χ1v) is 25.1. The maximum absolute atomic E-state index is 14.8. The van der Waals surface area contributed by atoms with Crippen LogP contribution in [0.2, 0.25) is 0 Å². The predicted molar refractivity (Wildman–Crippen MR) is 247 cm³/mol. The summed E-state index contributed by atoms with van der Waals surface area (Å²) in [6.45, 7) is 7.15. The number of halogens is 1. The summed E-state index contributed by atoms with van der Waals surface area (Å²) in [5.41, 5.74) is 1.72. The van der Waals surface area contributed by atoms with Crippen molar-refractivity contribution in [1.29, 1.82) is 0 Å². The number of carbonyl (C=O) groups excluding carboxylic acids is 5. The summed E-state index contributed by atoms with van der Waals surface area (Å²) in [6, 6.07) is 5.44. The van der Waals surface area contributed by atoms with Gasteiger partial charge in [-0.1, -0.05) is 27.2 Å². The number of unbranched alkanes of at least 4 members (excludes halogenated alkanes) is 2. The molecule has 3 atom stereocenters. The number of ether oxygens (including phenoxy) is 2. The Morgan fingerprint density at radius 1 is 0.971 bits per heavy atom. The fourth-order valence-electron chi connectivity index (χ4n) is 9.03. The highest BCUT2D eigenvalue weighted by Gasteiger charge is 2.46. The molecule has 2 aromatic carbocycles. The van der Waals surface area contributed by atoms with E-state index in [0.717, 1.165) is 28.5 Å². The van der Waals surface area contributed by atoms with E-state index in [9.17, 15) is 46.7 Å². The molecule has 1 saturated carbocycles. The minimum absolute atomic E-state index is 0.0223. The highest BCUT2D eigenvalue weighted by molar-refractivity contribution is 7.94. The lowest BCUT2D eigenvalue weighted by atomic mass is 9.86. The van der Waals surface area contributed by atoms with E-state index in [1.165, 1.54) is 13.0 Å². The average Bonchev–Trinajstić information content (AvgIpc) is 4.00. The molecule has 5 aromatic rings. The molecular weight excluding hydrogens is 922 g/mol. The Balaban J connectivity index is 0.779. The molecule has 9 rings (SSSR count). The molecule has 0 saturated heterocycles. The second-order valence-electron chi connectivity index (χ2n) is 18.1. The number of aliphatic hydroxyl groups is 1. The van der Waals surface area contributed by atoms with Gasteiger partial charge in [0.05, 0.1) is 62.3 Å². The van der Waals surface area contributed by atoms with Gasteiger partial charge < -0.3 is 40.4 Å². The van der Waals surface area contributed by atoms with E-state index in [4.69, 9.17) is 14.5 Å². The molecule has 0 unspecified atom stereocenters. The number of rotatable bonds is 16.